The van der Waals surface area contributed by atoms with Crippen LogP contribution >= 0.6 is 0 Å². The van der Waals surface area contributed by atoms with Gasteiger partial charge in [0.1, 0.15) is 0 Å². The van der Waals surface area contributed by atoms with E-state index >= 15 is 0 Å². The SMILES string of the molecule is C1CCCCC1.CO.CO.O=C1CCCCCO1. The van der Waals surface area contributed by atoms with Gasteiger partial charge in [0.15, 0.2) is 0 Å². The van der Waals surface area contributed by atoms with Gasteiger partial charge in [-0.2, -0.15) is 0 Å². The number of aliphatic hydroxyl groups excluding tert-OH is 2. The van der Waals surface area contributed by atoms with Crippen LogP contribution in [0.4, 0.5) is 0 Å². The molecule has 2 aliphatic rings. The quantitative estimate of drug-likeness (QED) is 0.659. The number of cyclic esters (lactones) is 1. The van der Waals surface area contributed by atoms with E-state index in [-0.39, 0.29) is 5.97 Å². The summed E-state index contributed by atoms with van der Waals surface area (Å²) in [5.74, 6) is -0.0255. The molecule has 0 amide bonds. The molecule has 4 nitrogen and oxygen atoms in total. The van der Waals surface area contributed by atoms with Crippen molar-refractivity contribution in [3.05, 3.63) is 0 Å². The van der Waals surface area contributed by atoms with Gasteiger partial charge < -0.3 is 14.9 Å². The Morgan fingerprint density at radius 2 is 1.11 bits per heavy atom. The Hall–Kier alpha value is -0.610. The second-order valence-electron chi connectivity index (χ2n) is 4.15. The molecular weight excluding hydrogens is 232 g/mol. The first-order chi connectivity index (χ1) is 8.89. The Bertz CT molecular complexity index is 134. The first-order valence-electron chi connectivity index (χ1n) is 6.94. The third-order valence-electron chi connectivity index (χ3n) is 2.79. The van der Waals surface area contributed by atoms with Crippen LogP contribution in [-0.4, -0.2) is 37.0 Å². The van der Waals surface area contributed by atoms with Gasteiger partial charge in [-0.05, 0) is 19.3 Å². The molecule has 0 radical (unpaired) electrons. The van der Waals surface area contributed by atoms with Crippen molar-refractivity contribution in [1.29, 1.82) is 0 Å². The van der Waals surface area contributed by atoms with E-state index in [1.165, 1.54) is 38.5 Å². The molecule has 110 valence electrons. The van der Waals surface area contributed by atoms with Gasteiger partial charge in [0.2, 0.25) is 0 Å². The molecule has 1 aliphatic carbocycles. The number of hydrogen-bond acceptors (Lipinski definition) is 4. The lowest BCUT2D eigenvalue weighted by Crippen LogP contribution is -2.00. The molecule has 4 heteroatoms. The Labute approximate surface area is 111 Å². The number of ether oxygens (including phenoxy) is 1. The Kier molecular flexibility index (Phi) is 20.5. The van der Waals surface area contributed by atoms with Gasteiger partial charge in [-0.25, -0.2) is 0 Å². The molecular formula is C14H30O4. The number of aliphatic hydroxyl groups is 2. The first-order valence-corrected chi connectivity index (χ1v) is 6.94. The van der Waals surface area contributed by atoms with E-state index in [0.29, 0.717) is 13.0 Å². The van der Waals surface area contributed by atoms with Crippen LogP contribution in [0.5, 0.6) is 0 Å². The van der Waals surface area contributed by atoms with Gasteiger partial charge in [-0.3, -0.25) is 4.79 Å². The van der Waals surface area contributed by atoms with Crippen LogP contribution in [0.25, 0.3) is 0 Å². The third-order valence-corrected chi connectivity index (χ3v) is 2.79. The zero-order chi connectivity index (χ0) is 14.1. The summed E-state index contributed by atoms with van der Waals surface area (Å²) in [5, 5.41) is 14.0. The number of carbonyl (C=O) groups excluding carboxylic acids is 1. The van der Waals surface area contributed by atoms with Crippen LogP contribution in [0.3, 0.4) is 0 Å². The summed E-state index contributed by atoms with van der Waals surface area (Å²) >= 11 is 0. The third kappa shape index (κ3) is 15.4. The summed E-state index contributed by atoms with van der Waals surface area (Å²) in [5.41, 5.74) is 0. The molecule has 1 aliphatic heterocycles. The molecule has 0 unspecified atom stereocenters. The molecule has 0 aromatic carbocycles. The molecule has 0 bridgehead atoms. The molecule has 2 N–H and O–H groups in total. The fourth-order valence-electron chi connectivity index (χ4n) is 1.87. The zero-order valence-corrected chi connectivity index (χ0v) is 12.0. The minimum Gasteiger partial charge on any atom is -0.466 e. The average Bonchev–Trinajstić information content (AvgIpc) is 2.73. The highest BCUT2D eigenvalue weighted by Crippen LogP contribution is 2.15. The van der Waals surface area contributed by atoms with E-state index in [2.05, 4.69) is 0 Å². The van der Waals surface area contributed by atoms with E-state index < -0.39 is 0 Å². The maximum absolute atomic E-state index is 10.5. The van der Waals surface area contributed by atoms with Crippen molar-refractivity contribution in [2.75, 3.05) is 20.8 Å². The van der Waals surface area contributed by atoms with Gasteiger partial charge in [0, 0.05) is 20.6 Å². The molecule has 2 fully saturated rings. The predicted octanol–water partition coefficient (Wildman–Crippen LogP) is 2.66. The first kappa shape index (κ1) is 19.7. The molecule has 1 heterocycles. The minimum atomic E-state index is -0.0255. The van der Waals surface area contributed by atoms with E-state index in [0.717, 1.165) is 33.5 Å². The van der Waals surface area contributed by atoms with Crippen molar-refractivity contribution in [1.82, 2.24) is 0 Å². The summed E-state index contributed by atoms with van der Waals surface area (Å²) in [6.45, 7) is 0.638. The normalized spacial score (nSPS) is 18.3. The summed E-state index contributed by atoms with van der Waals surface area (Å²) in [4.78, 5) is 10.5. The molecule has 1 saturated carbocycles. The maximum Gasteiger partial charge on any atom is 0.305 e. The van der Waals surface area contributed by atoms with Crippen molar-refractivity contribution in [2.24, 2.45) is 0 Å². The number of esters is 1. The molecule has 0 aromatic heterocycles. The fraction of sp³-hybridized carbons (Fsp3) is 0.929. The van der Waals surface area contributed by atoms with Crippen molar-refractivity contribution in [3.8, 4) is 0 Å². The molecule has 1 saturated heterocycles. The van der Waals surface area contributed by atoms with Crippen LogP contribution in [-0.2, 0) is 9.53 Å². The molecule has 0 aromatic rings. The van der Waals surface area contributed by atoms with Crippen molar-refractivity contribution < 1.29 is 19.7 Å². The second-order valence-corrected chi connectivity index (χ2v) is 4.15. The van der Waals surface area contributed by atoms with Crippen LogP contribution in [0, 0.1) is 0 Å². The van der Waals surface area contributed by atoms with Crippen LogP contribution < -0.4 is 0 Å². The summed E-state index contributed by atoms with van der Waals surface area (Å²) in [6.07, 6.45) is 12.8. The number of carbonyl (C=O) groups is 1. The Morgan fingerprint density at radius 3 is 1.56 bits per heavy atom. The standard InChI is InChI=1S/C6H10O2.C6H12.2CH4O/c7-6-4-2-1-3-5-8-6;1-2-4-6-5-3-1;2*1-2/h1-5H2;1-6H2;2*2H,1H3. The van der Waals surface area contributed by atoms with E-state index in [9.17, 15) is 4.79 Å². The van der Waals surface area contributed by atoms with Gasteiger partial charge in [-0.15, -0.1) is 0 Å². The Morgan fingerprint density at radius 1 is 0.722 bits per heavy atom. The lowest BCUT2D eigenvalue weighted by Gasteiger charge is -2.05. The summed E-state index contributed by atoms with van der Waals surface area (Å²) in [7, 11) is 2.00. The van der Waals surface area contributed by atoms with Gasteiger partial charge in [0.05, 0.1) is 6.61 Å². The van der Waals surface area contributed by atoms with Gasteiger partial charge >= 0.3 is 5.97 Å². The van der Waals surface area contributed by atoms with E-state index in [1.54, 1.807) is 0 Å². The lowest BCUT2D eigenvalue weighted by atomic mass is 10.0. The van der Waals surface area contributed by atoms with E-state index in [1.807, 2.05) is 0 Å². The van der Waals surface area contributed by atoms with Crippen molar-refractivity contribution in [2.45, 2.75) is 64.2 Å². The number of rotatable bonds is 0. The lowest BCUT2D eigenvalue weighted by molar-refractivity contribution is -0.142. The molecule has 0 atom stereocenters. The van der Waals surface area contributed by atoms with Crippen molar-refractivity contribution >= 4 is 5.97 Å². The highest BCUT2D eigenvalue weighted by molar-refractivity contribution is 5.69. The second kappa shape index (κ2) is 18.7. The smallest absolute Gasteiger partial charge is 0.305 e. The van der Waals surface area contributed by atoms with E-state index in [4.69, 9.17) is 14.9 Å². The van der Waals surface area contributed by atoms with Gasteiger partial charge in [-0.1, -0.05) is 38.5 Å². The highest BCUT2D eigenvalue weighted by atomic mass is 16.5. The van der Waals surface area contributed by atoms with Crippen LogP contribution in [0.15, 0.2) is 0 Å². The Balaban J connectivity index is 0. The topological polar surface area (TPSA) is 66.8 Å². The molecule has 18 heavy (non-hydrogen) atoms. The average molecular weight is 262 g/mol. The fourth-order valence-corrected chi connectivity index (χ4v) is 1.87. The monoisotopic (exact) mass is 262 g/mol. The summed E-state index contributed by atoms with van der Waals surface area (Å²) < 4.78 is 4.76. The predicted molar refractivity (Wildman–Crippen MR) is 73.4 cm³/mol. The molecule has 0 spiro atoms. The van der Waals surface area contributed by atoms with Crippen LogP contribution in [0.2, 0.25) is 0 Å². The highest BCUT2D eigenvalue weighted by Gasteiger charge is 2.05. The molecule has 2 rings (SSSR count). The van der Waals surface area contributed by atoms with Crippen LogP contribution in [0.1, 0.15) is 64.2 Å². The number of hydrogen-bond donors (Lipinski definition) is 2. The van der Waals surface area contributed by atoms with Gasteiger partial charge in [0.25, 0.3) is 0 Å². The largest absolute Gasteiger partial charge is 0.466 e. The summed E-state index contributed by atoms with van der Waals surface area (Å²) in [6, 6.07) is 0. The maximum atomic E-state index is 10.5. The minimum absolute atomic E-state index is 0.0255. The van der Waals surface area contributed by atoms with Crippen molar-refractivity contribution in [3.63, 3.8) is 0 Å². The zero-order valence-electron chi connectivity index (χ0n) is 12.0.